The Labute approximate surface area is 192 Å². The van der Waals surface area contributed by atoms with Crippen molar-refractivity contribution in [1.29, 1.82) is 0 Å². The van der Waals surface area contributed by atoms with Gasteiger partial charge in [-0.2, -0.15) is 0 Å². The van der Waals surface area contributed by atoms with Crippen molar-refractivity contribution in [2.75, 3.05) is 0 Å². The number of aliphatic imine (C=N–C) groups is 1. The van der Waals surface area contributed by atoms with Crippen LogP contribution < -0.4 is 10.3 Å². The Balaban J connectivity index is 1.54. The number of rotatable bonds is 4. The molecule has 0 aliphatic carbocycles. The third-order valence-electron chi connectivity index (χ3n) is 5.13. The maximum atomic E-state index is 14.0. The molecule has 33 heavy (non-hydrogen) atoms. The second-order valence-electron chi connectivity index (χ2n) is 7.23. The van der Waals surface area contributed by atoms with Gasteiger partial charge in [-0.15, -0.1) is 0 Å². The molecule has 0 atom stereocenters. The summed E-state index contributed by atoms with van der Waals surface area (Å²) in [6.45, 7) is 0. The van der Waals surface area contributed by atoms with Crippen molar-refractivity contribution in [3.05, 3.63) is 105 Å². The van der Waals surface area contributed by atoms with E-state index in [-0.39, 0.29) is 21.9 Å². The lowest BCUT2D eigenvalue weighted by Crippen LogP contribution is -2.16. The Morgan fingerprint density at radius 2 is 1.73 bits per heavy atom. The normalized spacial score (nSPS) is 13.3. The van der Waals surface area contributed by atoms with E-state index in [0.717, 1.165) is 0 Å². The quantitative estimate of drug-likeness (QED) is 0.380. The number of hydrogen-bond acceptors (Lipinski definition) is 5. The molecular formula is C25H16FN3O3S. The van der Waals surface area contributed by atoms with Gasteiger partial charge in [0.05, 0.1) is 5.69 Å². The first kappa shape index (κ1) is 20.6. The number of allylic oxidation sites excluding steroid dienone is 1. The van der Waals surface area contributed by atoms with Crippen molar-refractivity contribution < 1.29 is 14.2 Å². The van der Waals surface area contributed by atoms with Crippen LogP contribution in [0.4, 0.5) is 10.1 Å². The number of aromatic hydroxyl groups is 1. The summed E-state index contributed by atoms with van der Waals surface area (Å²) in [6.07, 6.45) is 2.91. The molecule has 0 radical (unpaired) electrons. The zero-order valence-electron chi connectivity index (χ0n) is 17.0. The molecule has 6 nitrogen and oxygen atoms in total. The molecule has 1 aromatic heterocycles. The molecule has 162 valence electrons. The zero-order chi connectivity index (χ0) is 22.9. The summed E-state index contributed by atoms with van der Waals surface area (Å²) >= 11 is 5.29. The first-order valence-electron chi connectivity index (χ1n) is 9.97. The summed E-state index contributed by atoms with van der Waals surface area (Å²) in [5.74, 6) is 0.492. The Bertz CT molecular complexity index is 1540. The largest absolute Gasteiger partial charge is 0.494 e. The van der Waals surface area contributed by atoms with Crippen molar-refractivity contribution in [2.24, 2.45) is 4.99 Å². The third kappa shape index (κ3) is 3.88. The number of aromatic nitrogens is 2. The summed E-state index contributed by atoms with van der Waals surface area (Å²) in [7, 11) is 0. The summed E-state index contributed by atoms with van der Waals surface area (Å²) in [5, 5.41) is 11.0. The van der Waals surface area contributed by atoms with Gasteiger partial charge in [-0.05, 0) is 60.8 Å². The number of halogens is 1. The first-order chi connectivity index (χ1) is 16.0. The number of benzene rings is 3. The van der Waals surface area contributed by atoms with Crippen molar-refractivity contribution in [3.8, 4) is 23.1 Å². The number of para-hydroxylation sites is 2. The van der Waals surface area contributed by atoms with E-state index < -0.39 is 11.4 Å². The Morgan fingerprint density at radius 3 is 2.48 bits per heavy atom. The maximum absolute atomic E-state index is 14.0. The van der Waals surface area contributed by atoms with Crippen LogP contribution in [0.25, 0.3) is 17.3 Å². The van der Waals surface area contributed by atoms with Gasteiger partial charge in [0.2, 0.25) is 5.88 Å². The number of H-pyrrole nitrogens is 1. The lowest BCUT2D eigenvalue weighted by Gasteiger charge is -2.13. The minimum Gasteiger partial charge on any atom is -0.494 e. The standard InChI is InChI=1S/C25H16FN3O3S/c26-21-8-4-7-19-15(14-27-22(19)21)13-20-23(30)28-25(33)29(24(20)31)16-9-11-18(12-10-16)32-17-5-2-1-3-6-17/h1-14,31H,(H,28,30,33). The van der Waals surface area contributed by atoms with Crippen LogP contribution in [0.2, 0.25) is 0 Å². The van der Waals surface area contributed by atoms with Gasteiger partial charge in [-0.3, -0.25) is 19.3 Å². The molecule has 4 aromatic rings. The Hall–Kier alpha value is -4.30. The van der Waals surface area contributed by atoms with E-state index in [1.54, 1.807) is 36.4 Å². The molecule has 0 saturated heterocycles. The minimum atomic E-state index is -0.566. The van der Waals surface area contributed by atoms with Crippen molar-refractivity contribution in [1.82, 2.24) is 9.55 Å². The van der Waals surface area contributed by atoms with Crippen LogP contribution in [0.5, 0.6) is 17.4 Å². The van der Waals surface area contributed by atoms with E-state index in [1.165, 1.54) is 22.9 Å². The third-order valence-corrected chi connectivity index (χ3v) is 5.41. The summed E-state index contributed by atoms with van der Waals surface area (Å²) in [5.41, 5.74) is 1.17. The van der Waals surface area contributed by atoms with E-state index in [4.69, 9.17) is 17.0 Å². The fraction of sp³-hybridized carbons (Fsp3) is 0. The second-order valence-corrected chi connectivity index (χ2v) is 7.62. The molecule has 0 bridgehead atoms. The lowest BCUT2D eigenvalue weighted by molar-refractivity contribution is 0.431. The highest BCUT2D eigenvalue weighted by molar-refractivity contribution is 7.71. The van der Waals surface area contributed by atoms with Crippen LogP contribution in [0.3, 0.4) is 0 Å². The van der Waals surface area contributed by atoms with Gasteiger partial charge in [0, 0.05) is 17.4 Å². The van der Waals surface area contributed by atoms with E-state index in [9.17, 15) is 14.3 Å². The fourth-order valence-electron chi connectivity index (χ4n) is 3.55. The van der Waals surface area contributed by atoms with Crippen molar-refractivity contribution >= 4 is 35.8 Å². The molecule has 1 aliphatic rings. The van der Waals surface area contributed by atoms with Crippen LogP contribution in [0, 0.1) is 10.6 Å². The zero-order valence-corrected chi connectivity index (χ0v) is 17.8. The van der Waals surface area contributed by atoms with Gasteiger partial charge < -0.3 is 9.84 Å². The first-order valence-corrected chi connectivity index (χ1v) is 10.4. The smallest absolute Gasteiger partial charge is 0.262 e. The average molecular weight is 457 g/mol. The number of nitrogens with one attached hydrogen (secondary N) is 1. The molecule has 5 rings (SSSR count). The van der Waals surface area contributed by atoms with Crippen molar-refractivity contribution in [2.45, 2.75) is 0 Å². The van der Waals surface area contributed by atoms with Gasteiger partial charge in [0.1, 0.15) is 28.6 Å². The molecular weight excluding hydrogens is 441 g/mol. The topological polar surface area (TPSA) is 79.6 Å². The van der Waals surface area contributed by atoms with Crippen LogP contribution in [0.15, 0.2) is 82.6 Å². The van der Waals surface area contributed by atoms with Gasteiger partial charge in [-0.1, -0.05) is 30.3 Å². The summed E-state index contributed by atoms with van der Waals surface area (Å²) < 4.78 is 21.1. The minimum absolute atomic E-state index is 0.0215. The van der Waals surface area contributed by atoms with Gasteiger partial charge in [0.15, 0.2) is 4.77 Å². The summed E-state index contributed by atoms with van der Waals surface area (Å²) in [6, 6.07) is 20.8. The monoisotopic (exact) mass is 457 g/mol. The van der Waals surface area contributed by atoms with E-state index in [0.29, 0.717) is 28.3 Å². The van der Waals surface area contributed by atoms with Gasteiger partial charge >= 0.3 is 0 Å². The highest BCUT2D eigenvalue weighted by Gasteiger charge is 2.19. The molecule has 1 aliphatic heterocycles. The van der Waals surface area contributed by atoms with Gasteiger partial charge in [-0.25, -0.2) is 4.39 Å². The average Bonchev–Trinajstić information content (AvgIpc) is 3.22. The number of hydrogen-bond donors (Lipinski definition) is 2. The highest BCUT2D eigenvalue weighted by Crippen LogP contribution is 2.35. The molecule has 8 heteroatoms. The molecule has 0 spiro atoms. The molecule has 0 amide bonds. The molecule has 2 N–H and O–H groups in total. The predicted octanol–water partition coefficient (Wildman–Crippen LogP) is 5.79. The van der Waals surface area contributed by atoms with Crippen molar-refractivity contribution in [3.63, 3.8) is 0 Å². The number of nitrogens with zero attached hydrogens (tertiary/aromatic N) is 2. The van der Waals surface area contributed by atoms with E-state index >= 15 is 0 Å². The number of fused-ring (bicyclic) bond motifs is 1. The predicted molar refractivity (Wildman–Crippen MR) is 128 cm³/mol. The molecule has 3 aromatic carbocycles. The Kier molecular flexibility index (Phi) is 5.20. The molecule has 0 saturated carbocycles. The fourth-order valence-corrected chi connectivity index (χ4v) is 3.83. The SMILES string of the molecule is O=c1[nH]c(=S)n(-c2ccc(Oc3ccccc3)cc2)c(O)c1C=C1C=Nc2c(F)cccc21. The molecule has 0 fully saturated rings. The van der Waals surface area contributed by atoms with Gasteiger partial charge in [0.25, 0.3) is 5.56 Å². The second kappa shape index (κ2) is 8.33. The molecule has 2 heterocycles. The number of aromatic amines is 1. The summed E-state index contributed by atoms with van der Waals surface area (Å²) in [4.78, 5) is 19.2. The maximum Gasteiger partial charge on any atom is 0.262 e. The van der Waals surface area contributed by atoms with Crippen LogP contribution >= 0.6 is 12.2 Å². The Morgan fingerprint density at radius 1 is 1.00 bits per heavy atom. The van der Waals surface area contributed by atoms with E-state index in [2.05, 4.69) is 9.98 Å². The highest BCUT2D eigenvalue weighted by atomic mass is 32.1. The van der Waals surface area contributed by atoms with Crippen LogP contribution in [-0.4, -0.2) is 20.9 Å². The van der Waals surface area contributed by atoms with E-state index in [1.807, 2.05) is 30.3 Å². The molecule has 0 unspecified atom stereocenters. The number of ether oxygens (including phenoxy) is 1. The van der Waals surface area contributed by atoms with Crippen LogP contribution in [-0.2, 0) is 0 Å². The van der Waals surface area contributed by atoms with Crippen LogP contribution in [0.1, 0.15) is 11.1 Å². The lowest BCUT2D eigenvalue weighted by atomic mass is 10.0.